The number of pyridine rings is 1. The molecular formula is C29H34N2O7. The largest absolute Gasteiger partial charge is 0.493 e. The van der Waals surface area contributed by atoms with Gasteiger partial charge in [0.1, 0.15) is 5.60 Å². The summed E-state index contributed by atoms with van der Waals surface area (Å²) in [5.41, 5.74) is -0.715. The van der Waals surface area contributed by atoms with Crippen molar-refractivity contribution in [1.82, 2.24) is 9.88 Å². The third kappa shape index (κ3) is 5.14. The molecule has 0 fully saturated rings. The minimum absolute atomic E-state index is 0.145. The fourth-order valence-corrected chi connectivity index (χ4v) is 4.62. The Morgan fingerprint density at radius 1 is 0.789 bits per heavy atom. The van der Waals surface area contributed by atoms with Gasteiger partial charge in [-0.25, -0.2) is 4.79 Å². The third-order valence-corrected chi connectivity index (χ3v) is 6.31. The average Bonchev–Trinajstić information content (AvgIpc) is 2.89. The molecule has 0 saturated heterocycles. The van der Waals surface area contributed by atoms with Crippen LogP contribution in [-0.2, 0) is 11.3 Å². The number of rotatable bonds is 8. The molecular weight excluding hydrogens is 488 g/mol. The van der Waals surface area contributed by atoms with Gasteiger partial charge in [0.2, 0.25) is 0 Å². The quantitative estimate of drug-likeness (QED) is 0.249. The van der Waals surface area contributed by atoms with E-state index in [4.69, 9.17) is 23.7 Å². The van der Waals surface area contributed by atoms with Gasteiger partial charge in [0.15, 0.2) is 23.0 Å². The third-order valence-electron chi connectivity index (χ3n) is 6.31. The predicted octanol–water partition coefficient (Wildman–Crippen LogP) is 5.26. The van der Waals surface area contributed by atoms with Crippen molar-refractivity contribution in [2.75, 3.05) is 35.0 Å². The second-order valence-electron chi connectivity index (χ2n) is 9.89. The number of aryl methyl sites for hydroxylation is 1. The molecule has 202 valence electrons. The molecule has 4 rings (SSSR count). The van der Waals surface area contributed by atoms with Crippen LogP contribution in [0.4, 0.5) is 4.79 Å². The van der Waals surface area contributed by atoms with Crippen molar-refractivity contribution in [3.8, 4) is 23.0 Å². The summed E-state index contributed by atoms with van der Waals surface area (Å²) < 4.78 is 29.2. The van der Waals surface area contributed by atoms with Crippen LogP contribution in [0.15, 0.2) is 41.3 Å². The van der Waals surface area contributed by atoms with Gasteiger partial charge >= 0.3 is 6.09 Å². The molecule has 0 radical (unpaired) electrons. The molecule has 1 aromatic heterocycles. The van der Waals surface area contributed by atoms with Gasteiger partial charge in [-0.1, -0.05) is 0 Å². The summed E-state index contributed by atoms with van der Waals surface area (Å²) in [5.74, 6) is 2.23. The maximum atomic E-state index is 13.9. The summed E-state index contributed by atoms with van der Waals surface area (Å²) in [6.07, 6.45) is 1.85. The Kier molecular flexibility index (Phi) is 7.57. The number of nitrogens with one attached hydrogen (secondary N) is 1. The number of nitrogens with zero attached hydrogens (tertiary/aromatic N) is 1. The molecule has 9 heteroatoms. The van der Waals surface area contributed by atoms with Crippen LogP contribution in [0.25, 0.3) is 32.3 Å². The number of benzene rings is 3. The van der Waals surface area contributed by atoms with E-state index in [1.54, 1.807) is 39.2 Å². The minimum Gasteiger partial charge on any atom is -0.493 e. The van der Waals surface area contributed by atoms with Crippen LogP contribution in [0.2, 0.25) is 0 Å². The van der Waals surface area contributed by atoms with Crippen LogP contribution in [0, 0.1) is 0 Å². The predicted molar refractivity (Wildman–Crippen MR) is 148 cm³/mol. The molecule has 0 unspecified atom stereocenters. The second kappa shape index (κ2) is 10.7. The van der Waals surface area contributed by atoms with E-state index in [9.17, 15) is 9.59 Å². The number of carbonyl (C=O) groups excluding carboxylic acids is 1. The summed E-state index contributed by atoms with van der Waals surface area (Å²) in [6.45, 7) is 6.23. The van der Waals surface area contributed by atoms with E-state index in [0.717, 1.165) is 26.9 Å². The van der Waals surface area contributed by atoms with Crippen molar-refractivity contribution in [3.63, 3.8) is 0 Å². The lowest BCUT2D eigenvalue weighted by Gasteiger charge is -2.19. The first-order valence-electron chi connectivity index (χ1n) is 12.3. The molecule has 0 bridgehead atoms. The number of hydrogen-bond acceptors (Lipinski definition) is 7. The first kappa shape index (κ1) is 26.9. The zero-order chi connectivity index (χ0) is 27.6. The Labute approximate surface area is 221 Å². The van der Waals surface area contributed by atoms with E-state index in [2.05, 4.69) is 5.32 Å². The Hall–Kier alpha value is -4.14. The standard InChI is InChI=1S/C29H34N2O7/c1-29(2,3)38-28(33)30-10-8-11-31-12-9-17-18-13-22(34-4)23(35-5)14-19(18)20-15-24(36-6)25(37-7)16-21(20)26(17)27(31)32/h9,12-16H,8,10-11H2,1-7H3,(H,30,33). The Morgan fingerprint density at radius 2 is 1.26 bits per heavy atom. The molecule has 38 heavy (non-hydrogen) atoms. The SMILES string of the molecule is COc1cc2c(cc1OC)c1ccn(CCCNC(=O)OC(C)(C)C)c(=O)c1c1cc(OC)c(OC)cc21. The molecule has 0 atom stereocenters. The maximum absolute atomic E-state index is 13.9. The monoisotopic (exact) mass is 522 g/mol. The van der Waals surface area contributed by atoms with E-state index in [-0.39, 0.29) is 5.56 Å². The number of aromatic nitrogens is 1. The van der Waals surface area contributed by atoms with Crippen molar-refractivity contribution >= 4 is 38.4 Å². The number of methoxy groups -OCH3 is 4. The van der Waals surface area contributed by atoms with Crippen molar-refractivity contribution < 1.29 is 28.5 Å². The summed E-state index contributed by atoms with van der Waals surface area (Å²) >= 11 is 0. The van der Waals surface area contributed by atoms with Gasteiger partial charge in [0, 0.05) is 19.3 Å². The summed E-state index contributed by atoms with van der Waals surface area (Å²) in [4.78, 5) is 25.8. The van der Waals surface area contributed by atoms with Crippen LogP contribution >= 0.6 is 0 Å². The molecule has 0 saturated carbocycles. The van der Waals surface area contributed by atoms with Gasteiger partial charge in [0.25, 0.3) is 5.56 Å². The van der Waals surface area contributed by atoms with Crippen molar-refractivity contribution in [2.45, 2.75) is 39.3 Å². The van der Waals surface area contributed by atoms with Crippen molar-refractivity contribution in [3.05, 3.63) is 46.9 Å². The van der Waals surface area contributed by atoms with E-state index < -0.39 is 11.7 Å². The smallest absolute Gasteiger partial charge is 0.407 e. The van der Waals surface area contributed by atoms with Gasteiger partial charge in [-0.05, 0) is 84.5 Å². The molecule has 1 N–H and O–H groups in total. The first-order chi connectivity index (χ1) is 18.1. The van der Waals surface area contributed by atoms with E-state index in [1.807, 2.05) is 51.1 Å². The summed E-state index contributed by atoms with van der Waals surface area (Å²) in [6, 6.07) is 9.45. The number of ether oxygens (including phenoxy) is 5. The fourth-order valence-electron chi connectivity index (χ4n) is 4.62. The Bertz CT molecular complexity index is 1570. The van der Waals surface area contributed by atoms with Crippen LogP contribution in [0.1, 0.15) is 27.2 Å². The number of fused-ring (bicyclic) bond motifs is 6. The number of carbonyl (C=O) groups is 1. The fraction of sp³-hybridized carbons (Fsp3) is 0.379. The lowest BCUT2D eigenvalue weighted by Crippen LogP contribution is -2.33. The lowest BCUT2D eigenvalue weighted by atomic mass is 9.94. The molecule has 0 aliphatic rings. The van der Waals surface area contributed by atoms with E-state index >= 15 is 0 Å². The summed E-state index contributed by atoms with van der Waals surface area (Å²) in [7, 11) is 6.32. The molecule has 4 aromatic rings. The topological polar surface area (TPSA) is 97.2 Å². The molecule has 9 nitrogen and oxygen atoms in total. The van der Waals surface area contributed by atoms with Crippen molar-refractivity contribution in [2.24, 2.45) is 0 Å². The number of amides is 1. The molecule has 1 heterocycles. The minimum atomic E-state index is -0.570. The van der Waals surface area contributed by atoms with Gasteiger partial charge in [0.05, 0.1) is 33.8 Å². The van der Waals surface area contributed by atoms with Crippen LogP contribution in [0.3, 0.4) is 0 Å². The first-order valence-corrected chi connectivity index (χ1v) is 12.3. The van der Waals surface area contributed by atoms with Gasteiger partial charge in [-0.2, -0.15) is 0 Å². The number of hydrogen-bond donors (Lipinski definition) is 1. The molecule has 3 aromatic carbocycles. The zero-order valence-corrected chi connectivity index (χ0v) is 22.9. The lowest BCUT2D eigenvalue weighted by molar-refractivity contribution is 0.0526. The molecule has 0 aliphatic carbocycles. The Morgan fingerprint density at radius 3 is 1.76 bits per heavy atom. The average molecular weight is 523 g/mol. The second-order valence-corrected chi connectivity index (χ2v) is 9.89. The van der Waals surface area contributed by atoms with Gasteiger partial charge in [-0.3, -0.25) is 4.79 Å². The highest BCUT2D eigenvalue weighted by Gasteiger charge is 2.19. The highest BCUT2D eigenvalue weighted by atomic mass is 16.6. The maximum Gasteiger partial charge on any atom is 0.407 e. The highest BCUT2D eigenvalue weighted by molar-refractivity contribution is 6.26. The van der Waals surface area contributed by atoms with Gasteiger partial charge < -0.3 is 33.6 Å². The van der Waals surface area contributed by atoms with Crippen LogP contribution in [0.5, 0.6) is 23.0 Å². The van der Waals surface area contributed by atoms with Crippen LogP contribution < -0.4 is 29.8 Å². The van der Waals surface area contributed by atoms with E-state index in [0.29, 0.717) is 47.9 Å². The molecule has 1 amide bonds. The van der Waals surface area contributed by atoms with Gasteiger partial charge in [-0.15, -0.1) is 0 Å². The zero-order valence-electron chi connectivity index (χ0n) is 22.9. The van der Waals surface area contributed by atoms with E-state index in [1.165, 1.54) is 0 Å². The normalized spacial score (nSPS) is 11.6. The van der Waals surface area contributed by atoms with Crippen LogP contribution in [-0.4, -0.2) is 51.2 Å². The highest BCUT2D eigenvalue weighted by Crippen LogP contribution is 2.43. The Balaban J connectivity index is 1.85. The molecule has 0 spiro atoms. The van der Waals surface area contributed by atoms with Crippen molar-refractivity contribution in [1.29, 1.82) is 0 Å². The molecule has 0 aliphatic heterocycles. The number of alkyl carbamates (subject to hydrolysis) is 1. The summed E-state index contributed by atoms with van der Waals surface area (Å²) in [5, 5.41) is 7.40.